The third-order valence-corrected chi connectivity index (χ3v) is 7.38. The average Bonchev–Trinajstić information content (AvgIpc) is 3.24. The highest BCUT2D eigenvalue weighted by Gasteiger charge is 2.33. The highest BCUT2D eigenvalue weighted by molar-refractivity contribution is 9.11. The summed E-state index contributed by atoms with van der Waals surface area (Å²) in [4.78, 5) is 32.2. The molecule has 9 heteroatoms. The lowest BCUT2D eigenvalue weighted by Gasteiger charge is -2.24. The fourth-order valence-electron chi connectivity index (χ4n) is 3.29. The molecule has 0 radical (unpaired) electrons. The number of benzene rings is 1. The number of thiophene rings is 1. The molecule has 0 fully saturated rings. The van der Waals surface area contributed by atoms with Crippen LogP contribution in [-0.4, -0.2) is 17.1 Å². The second kappa shape index (κ2) is 8.63. The normalized spacial score (nSPS) is 16.4. The van der Waals surface area contributed by atoms with Crippen LogP contribution >= 0.6 is 50.2 Å². The molecule has 0 saturated heterocycles. The quantitative estimate of drug-likeness (QED) is 0.480. The van der Waals surface area contributed by atoms with Gasteiger partial charge in [-0.1, -0.05) is 35.1 Å². The number of ether oxygens (including phenoxy) is 1. The fraction of sp³-hybridized carbons (Fsp3) is 0.190. The van der Waals surface area contributed by atoms with Gasteiger partial charge in [0.15, 0.2) is 4.80 Å². The van der Waals surface area contributed by atoms with Crippen molar-refractivity contribution >= 4 is 62.2 Å². The number of carbonyl (C=O) groups excluding carboxylic acids is 1. The molecular weight excluding hydrogens is 508 g/mol. The number of hydrogen-bond donors (Lipinski definition) is 0. The minimum Gasteiger partial charge on any atom is -0.463 e. The molecule has 0 unspecified atom stereocenters. The van der Waals surface area contributed by atoms with E-state index in [0.717, 1.165) is 14.2 Å². The van der Waals surface area contributed by atoms with Crippen LogP contribution in [0.4, 0.5) is 0 Å². The third-order valence-electron chi connectivity index (χ3n) is 4.57. The second-order valence-electron chi connectivity index (χ2n) is 6.50. The van der Waals surface area contributed by atoms with Crippen molar-refractivity contribution in [1.82, 2.24) is 4.57 Å². The van der Waals surface area contributed by atoms with Crippen LogP contribution in [0.2, 0.25) is 5.02 Å². The SMILES string of the molecule is CCOC(=O)C1=C(C)N=c2s/c(=C/c3ccc(Br)s3)c(=O)n2[C@H]1c1ccc(Cl)cc1. The molecule has 1 aliphatic heterocycles. The lowest BCUT2D eigenvalue weighted by atomic mass is 9.96. The molecule has 3 aromatic rings. The molecule has 0 amide bonds. The van der Waals surface area contributed by atoms with Gasteiger partial charge in [-0.15, -0.1) is 11.3 Å². The first-order chi connectivity index (χ1) is 14.4. The summed E-state index contributed by atoms with van der Waals surface area (Å²) in [7, 11) is 0. The lowest BCUT2D eigenvalue weighted by Crippen LogP contribution is -2.39. The van der Waals surface area contributed by atoms with Crippen molar-refractivity contribution in [3.05, 3.63) is 86.6 Å². The summed E-state index contributed by atoms with van der Waals surface area (Å²) in [5.74, 6) is -0.477. The van der Waals surface area contributed by atoms with Crippen molar-refractivity contribution in [2.45, 2.75) is 19.9 Å². The molecule has 2 aromatic heterocycles. The zero-order chi connectivity index (χ0) is 21.4. The molecule has 1 aliphatic rings. The van der Waals surface area contributed by atoms with E-state index in [2.05, 4.69) is 20.9 Å². The first kappa shape index (κ1) is 21.2. The summed E-state index contributed by atoms with van der Waals surface area (Å²) < 4.78 is 8.39. The van der Waals surface area contributed by atoms with E-state index in [1.165, 1.54) is 22.7 Å². The molecule has 1 atom stereocenters. The van der Waals surface area contributed by atoms with E-state index >= 15 is 0 Å². The highest BCUT2D eigenvalue weighted by atomic mass is 79.9. The molecular formula is C21H16BrClN2O3S2. The largest absolute Gasteiger partial charge is 0.463 e. The van der Waals surface area contributed by atoms with Crippen molar-refractivity contribution < 1.29 is 9.53 Å². The summed E-state index contributed by atoms with van der Waals surface area (Å²) in [6.45, 7) is 3.75. The van der Waals surface area contributed by atoms with Gasteiger partial charge in [0.2, 0.25) is 0 Å². The van der Waals surface area contributed by atoms with E-state index in [1.807, 2.05) is 30.3 Å². The van der Waals surface area contributed by atoms with Crippen LogP contribution in [-0.2, 0) is 9.53 Å². The van der Waals surface area contributed by atoms with Gasteiger partial charge in [0, 0.05) is 9.90 Å². The van der Waals surface area contributed by atoms with Crippen LogP contribution in [0.1, 0.15) is 30.3 Å². The zero-order valence-corrected chi connectivity index (χ0v) is 20.0. The van der Waals surface area contributed by atoms with Crippen LogP contribution < -0.4 is 14.9 Å². The van der Waals surface area contributed by atoms with Crippen molar-refractivity contribution in [1.29, 1.82) is 0 Å². The van der Waals surface area contributed by atoms with Crippen molar-refractivity contribution in [3.63, 3.8) is 0 Å². The maximum absolute atomic E-state index is 13.4. The van der Waals surface area contributed by atoms with E-state index in [1.54, 1.807) is 30.5 Å². The van der Waals surface area contributed by atoms with E-state index in [9.17, 15) is 9.59 Å². The van der Waals surface area contributed by atoms with E-state index in [-0.39, 0.29) is 12.2 Å². The Morgan fingerprint density at radius 1 is 1.27 bits per heavy atom. The van der Waals surface area contributed by atoms with E-state index in [4.69, 9.17) is 16.3 Å². The van der Waals surface area contributed by atoms with Gasteiger partial charge in [0.1, 0.15) is 0 Å². The van der Waals surface area contributed by atoms with Gasteiger partial charge in [-0.05, 0) is 65.7 Å². The van der Waals surface area contributed by atoms with Crippen molar-refractivity contribution in [2.75, 3.05) is 6.61 Å². The number of rotatable bonds is 4. The lowest BCUT2D eigenvalue weighted by molar-refractivity contribution is -0.139. The monoisotopic (exact) mass is 522 g/mol. The predicted octanol–water partition coefficient (Wildman–Crippen LogP) is 4.28. The highest BCUT2D eigenvalue weighted by Crippen LogP contribution is 2.31. The predicted molar refractivity (Wildman–Crippen MR) is 124 cm³/mol. The Kier molecular flexibility index (Phi) is 6.11. The minimum absolute atomic E-state index is 0.197. The van der Waals surface area contributed by atoms with Gasteiger partial charge in [0.05, 0.1) is 32.2 Å². The number of nitrogens with zero attached hydrogens (tertiary/aromatic N) is 2. The number of allylic oxidation sites excluding steroid dienone is 1. The number of esters is 1. The molecule has 0 spiro atoms. The van der Waals surface area contributed by atoms with E-state index < -0.39 is 12.0 Å². The summed E-state index contributed by atoms with van der Waals surface area (Å²) in [5, 5.41) is 0.577. The fourth-order valence-corrected chi connectivity index (χ4v) is 5.89. The number of aromatic nitrogens is 1. The van der Waals surface area contributed by atoms with Crippen LogP contribution in [0.3, 0.4) is 0 Å². The number of fused-ring (bicyclic) bond motifs is 1. The first-order valence-corrected chi connectivity index (χ1v) is 11.9. The Labute approximate surface area is 193 Å². The van der Waals surface area contributed by atoms with Gasteiger partial charge in [0.25, 0.3) is 5.56 Å². The zero-order valence-electron chi connectivity index (χ0n) is 16.0. The van der Waals surface area contributed by atoms with E-state index in [0.29, 0.717) is 25.6 Å². The van der Waals surface area contributed by atoms with Gasteiger partial charge in [-0.3, -0.25) is 9.36 Å². The third kappa shape index (κ3) is 3.97. The molecule has 5 nitrogen and oxygen atoms in total. The molecule has 1 aromatic carbocycles. The number of carbonyl (C=O) groups is 1. The summed E-state index contributed by atoms with van der Waals surface area (Å²) in [6, 6.07) is 10.4. The Morgan fingerprint density at radius 2 is 2.00 bits per heavy atom. The molecule has 0 bridgehead atoms. The molecule has 3 heterocycles. The van der Waals surface area contributed by atoms with Crippen molar-refractivity contribution in [2.24, 2.45) is 4.99 Å². The minimum atomic E-state index is -0.630. The maximum Gasteiger partial charge on any atom is 0.338 e. The average molecular weight is 524 g/mol. The molecule has 154 valence electrons. The Morgan fingerprint density at radius 3 is 2.63 bits per heavy atom. The summed E-state index contributed by atoms with van der Waals surface area (Å²) in [6.07, 6.45) is 1.85. The first-order valence-electron chi connectivity index (χ1n) is 9.09. The van der Waals surface area contributed by atoms with Crippen LogP contribution in [0.15, 0.2) is 61.2 Å². The number of halogens is 2. The Bertz CT molecular complexity index is 1340. The number of hydrogen-bond acceptors (Lipinski definition) is 6. The number of thiazole rings is 1. The van der Waals surface area contributed by atoms with Crippen LogP contribution in [0.5, 0.6) is 0 Å². The van der Waals surface area contributed by atoms with Gasteiger partial charge in [-0.2, -0.15) is 0 Å². The standard InChI is InChI=1S/C21H16BrClN2O3S2/c1-3-28-20(27)17-11(2)24-21-25(18(17)12-4-6-13(23)7-5-12)19(26)15(30-21)10-14-8-9-16(22)29-14/h4-10,18H,3H2,1-2H3/b15-10+/t18-/m0/s1. The van der Waals surface area contributed by atoms with Gasteiger partial charge >= 0.3 is 5.97 Å². The smallest absolute Gasteiger partial charge is 0.338 e. The molecule has 0 N–H and O–H groups in total. The van der Waals surface area contributed by atoms with Crippen LogP contribution in [0.25, 0.3) is 6.08 Å². The topological polar surface area (TPSA) is 60.7 Å². The van der Waals surface area contributed by atoms with Gasteiger partial charge in [-0.25, -0.2) is 9.79 Å². The van der Waals surface area contributed by atoms with Gasteiger partial charge < -0.3 is 4.74 Å². The Balaban J connectivity index is 1.96. The Hall–Kier alpha value is -2.00. The molecule has 4 rings (SSSR count). The summed E-state index contributed by atoms with van der Waals surface area (Å²) >= 11 is 12.3. The molecule has 30 heavy (non-hydrogen) atoms. The van der Waals surface area contributed by atoms with Crippen molar-refractivity contribution in [3.8, 4) is 0 Å². The molecule has 0 aliphatic carbocycles. The molecule has 0 saturated carbocycles. The van der Waals surface area contributed by atoms with Crippen LogP contribution in [0, 0.1) is 0 Å². The summed E-state index contributed by atoms with van der Waals surface area (Å²) in [5.41, 5.74) is 1.47. The second-order valence-corrected chi connectivity index (χ2v) is 10.4. The maximum atomic E-state index is 13.4.